The summed E-state index contributed by atoms with van der Waals surface area (Å²) in [5, 5.41) is 7.00. The second-order valence-electron chi connectivity index (χ2n) is 8.21. The van der Waals surface area contributed by atoms with E-state index in [1.807, 2.05) is 38.1 Å². The summed E-state index contributed by atoms with van der Waals surface area (Å²) in [6, 6.07) is 16.5. The van der Waals surface area contributed by atoms with E-state index in [9.17, 15) is 0 Å². The van der Waals surface area contributed by atoms with E-state index in [4.69, 9.17) is 9.73 Å². The monoisotopic (exact) mass is 394 g/mol. The van der Waals surface area contributed by atoms with Crippen molar-refractivity contribution in [2.24, 2.45) is 10.9 Å². The van der Waals surface area contributed by atoms with Crippen LogP contribution in [0.25, 0.3) is 0 Å². The molecule has 2 aromatic carbocycles. The van der Waals surface area contributed by atoms with E-state index >= 15 is 0 Å². The minimum Gasteiger partial charge on any atom is -0.491 e. The van der Waals surface area contributed by atoms with Gasteiger partial charge < -0.3 is 20.3 Å². The normalized spacial score (nSPS) is 17.6. The Kier molecular flexibility index (Phi) is 7.53. The van der Waals surface area contributed by atoms with Crippen LogP contribution < -0.4 is 15.4 Å². The van der Waals surface area contributed by atoms with Crippen LogP contribution in [-0.2, 0) is 6.54 Å². The van der Waals surface area contributed by atoms with Crippen LogP contribution in [0, 0.1) is 12.8 Å². The van der Waals surface area contributed by atoms with E-state index in [2.05, 4.69) is 53.8 Å². The fourth-order valence-electron chi connectivity index (χ4n) is 3.55. The van der Waals surface area contributed by atoms with Crippen LogP contribution in [0.3, 0.4) is 0 Å². The molecule has 1 fully saturated rings. The van der Waals surface area contributed by atoms with Gasteiger partial charge in [0.1, 0.15) is 5.75 Å². The fourth-order valence-corrected chi connectivity index (χ4v) is 3.55. The topological polar surface area (TPSA) is 48.9 Å². The van der Waals surface area contributed by atoms with E-state index in [0.29, 0.717) is 12.5 Å². The summed E-state index contributed by atoms with van der Waals surface area (Å²) in [6.07, 6.45) is 1.40. The van der Waals surface area contributed by atoms with E-state index in [1.165, 1.54) is 24.1 Å². The van der Waals surface area contributed by atoms with Crippen LogP contribution in [0.1, 0.15) is 31.4 Å². The van der Waals surface area contributed by atoms with Gasteiger partial charge in [-0.3, -0.25) is 0 Å². The number of hydrogen-bond donors (Lipinski definition) is 2. The molecule has 1 heterocycles. The van der Waals surface area contributed by atoms with Crippen molar-refractivity contribution in [1.29, 1.82) is 0 Å². The first-order chi connectivity index (χ1) is 14.0. The third kappa shape index (κ3) is 6.79. The molecular weight excluding hydrogens is 360 g/mol. The molecule has 0 saturated carbocycles. The van der Waals surface area contributed by atoms with Crippen LogP contribution in [0.15, 0.2) is 53.5 Å². The molecule has 0 radical (unpaired) electrons. The quantitative estimate of drug-likeness (QED) is 0.543. The highest BCUT2D eigenvalue weighted by Crippen LogP contribution is 2.18. The van der Waals surface area contributed by atoms with Crippen molar-refractivity contribution in [2.45, 2.75) is 39.8 Å². The van der Waals surface area contributed by atoms with Gasteiger partial charge in [-0.05, 0) is 82.1 Å². The SMILES string of the molecule is Cc1ccccc1CN=C(NCC1CCN(C)C1)Nc1ccc(OC(C)C)cc1. The Morgan fingerprint density at radius 2 is 1.93 bits per heavy atom. The zero-order valence-corrected chi connectivity index (χ0v) is 18.1. The summed E-state index contributed by atoms with van der Waals surface area (Å²) in [5.41, 5.74) is 3.51. The first kappa shape index (κ1) is 21.2. The molecule has 1 aliphatic heterocycles. The molecule has 1 aliphatic rings. The average Bonchev–Trinajstić information content (AvgIpc) is 3.11. The summed E-state index contributed by atoms with van der Waals surface area (Å²) in [7, 11) is 2.19. The van der Waals surface area contributed by atoms with Crippen molar-refractivity contribution in [3.8, 4) is 5.75 Å². The number of ether oxygens (including phenoxy) is 1. The van der Waals surface area contributed by atoms with E-state index < -0.39 is 0 Å². The molecule has 1 unspecified atom stereocenters. The lowest BCUT2D eigenvalue weighted by Gasteiger charge is -2.17. The van der Waals surface area contributed by atoms with Crippen LogP contribution in [0.4, 0.5) is 5.69 Å². The third-order valence-electron chi connectivity index (χ3n) is 5.20. The van der Waals surface area contributed by atoms with Gasteiger partial charge in [0.05, 0.1) is 12.6 Å². The zero-order chi connectivity index (χ0) is 20.6. The van der Waals surface area contributed by atoms with Gasteiger partial charge in [0.2, 0.25) is 0 Å². The third-order valence-corrected chi connectivity index (χ3v) is 5.20. The number of likely N-dealkylation sites (tertiary alicyclic amines) is 1. The summed E-state index contributed by atoms with van der Waals surface area (Å²) in [5.74, 6) is 2.36. The summed E-state index contributed by atoms with van der Waals surface area (Å²) in [6.45, 7) is 10.1. The Balaban J connectivity index is 1.67. The van der Waals surface area contributed by atoms with Gasteiger partial charge in [0.25, 0.3) is 0 Å². The van der Waals surface area contributed by atoms with Gasteiger partial charge in [-0.25, -0.2) is 4.99 Å². The molecule has 0 spiro atoms. The highest BCUT2D eigenvalue weighted by molar-refractivity contribution is 5.93. The molecular formula is C24H34N4O. The van der Waals surface area contributed by atoms with Crippen LogP contribution >= 0.6 is 0 Å². The summed E-state index contributed by atoms with van der Waals surface area (Å²) >= 11 is 0. The number of aryl methyl sites for hydroxylation is 1. The van der Waals surface area contributed by atoms with E-state index in [1.54, 1.807) is 0 Å². The largest absolute Gasteiger partial charge is 0.491 e. The molecule has 1 atom stereocenters. The van der Waals surface area contributed by atoms with Crippen molar-refractivity contribution in [3.05, 3.63) is 59.7 Å². The standard InChI is InChI=1S/C24H34N4O/c1-18(2)29-23-11-9-22(10-12-23)27-24(25-15-20-13-14-28(4)17-20)26-16-21-8-6-5-7-19(21)3/h5-12,18,20H,13-17H2,1-4H3,(H2,25,26,27). The minimum absolute atomic E-state index is 0.172. The van der Waals surface area contributed by atoms with Gasteiger partial charge in [-0.15, -0.1) is 0 Å². The first-order valence-corrected chi connectivity index (χ1v) is 10.5. The summed E-state index contributed by atoms with van der Waals surface area (Å²) in [4.78, 5) is 7.24. The maximum atomic E-state index is 5.74. The molecule has 2 aromatic rings. The highest BCUT2D eigenvalue weighted by Gasteiger charge is 2.19. The average molecular weight is 395 g/mol. The number of guanidine groups is 1. The minimum atomic E-state index is 0.172. The predicted molar refractivity (Wildman–Crippen MR) is 122 cm³/mol. The van der Waals surface area contributed by atoms with Crippen LogP contribution in [-0.4, -0.2) is 43.6 Å². The Labute approximate surface area is 175 Å². The van der Waals surface area contributed by atoms with Crippen LogP contribution in [0.5, 0.6) is 5.75 Å². The van der Waals surface area contributed by atoms with Gasteiger partial charge in [0, 0.05) is 18.8 Å². The Morgan fingerprint density at radius 1 is 1.17 bits per heavy atom. The molecule has 2 N–H and O–H groups in total. The predicted octanol–water partition coefficient (Wildman–Crippen LogP) is 4.29. The maximum absolute atomic E-state index is 5.74. The second-order valence-corrected chi connectivity index (χ2v) is 8.21. The number of hydrogen-bond acceptors (Lipinski definition) is 3. The number of nitrogens with one attached hydrogen (secondary N) is 2. The van der Waals surface area contributed by atoms with E-state index in [0.717, 1.165) is 30.5 Å². The second kappa shape index (κ2) is 10.3. The first-order valence-electron chi connectivity index (χ1n) is 10.5. The molecule has 156 valence electrons. The van der Waals surface area contributed by atoms with Gasteiger partial charge in [0.15, 0.2) is 5.96 Å². The van der Waals surface area contributed by atoms with Gasteiger partial charge in [-0.1, -0.05) is 24.3 Å². The zero-order valence-electron chi connectivity index (χ0n) is 18.1. The molecule has 0 bridgehead atoms. The van der Waals surface area contributed by atoms with Crippen molar-refractivity contribution >= 4 is 11.6 Å². The van der Waals surface area contributed by atoms with Crippen molar-refractivity contribution < 1.29 is 4.74 Å². The molecule has 1 saturated heterocycles. The Bertz CT molecular complexity index is 801. The number of nitrogens with zero attached hydrogens (tertiary/aromatic N) is 2. The molecule has 0 aromatic heterocycles. The van der Waals surface area contributed by atoms with Gasteiger partial charge in [-0.2, -0.15) is 0 Å². The molecule has 0 amide bonds. The smallest absolute Gasteiger partial charge is 0.196 e. The summed E-state index contributed by atoms with van der Waals surface area (Å²) < 4.78 is 5.74. The molecule has 3 rings (SSSR count). The Morgan fingerprint density at radius 3 is 2.59 bits per heavy atom. The highest BCUT2D eigenvalue weighted by atomic mass is 16.5. The number of aliphatic imine (C=N–C) groups is 1. The number of benzene rings is 2. The fraction of sp³-hybridized carbons (Fsp3) is 0.458. The molecule has 5 nitrogen and oxygen atoms in total. The molecule has 5 heteroatoms. The van der Waals surface area contributed by atoms with Crippen molar-refractivity contribution in [1.82, 2.24) is 10.2 Å². The lowest BCUT2D eigenvalue weighted by molar-refractivity contribution is 0.242. The maximum Gasteiger partial charge on any atom is 0.196 e. The lowest BCUT2D eigenvalue weighted by Crippen LogP contribution is -2.35. The van der Waals surface area contributed by atoms with Crippen LogP contribution in [0.2, 0.25) is 0 Å². The van der Waals surface area contributed by atoms with E-state index in [-0.39, 0.29) is 6.10 Å². The van der Waals surface area contributed by atoms with Gasteiger partial charge >= 0.3 is 0 Å². The van der Waals surface area contributed by atoms with Crippen molar-refractivity contribution in [3.63, 3.8) is 0 Å². The molecule has 0 aliphatic carbocycles. The number of rotatable bonds is 7. The lowest BCUT2D eigenvalue weighted by atomic mass is 10.1. The molecule has 29 heavy (non-hydrogen) atoms. The number of anilines is 1. The van der Waals surface area contributed by atoms with Crippen molar-refractivity contribution in [2.75, 3.05) is 32.0 Å². The Hall–Kier alpha value is -2.53.